The van der Waals surface area contributed by atoms with Crippen molar-refractivity contribution in [2.75, 3.05) is 7.11 Å². The first-order chi connectivity index (χ1) is 10.8. The van der Waals surface area contributed by atoms with Gasteiger partial charge in [0.1, 0.15) is 5.75 Å². The van der Waals surface area contributed by atoms with E-state index < -0.39 is 28.4 Å². The highest BCUT2D eigenvalue weighted by atomic mass is 16.6. The standard InChI is InChI=1S/C14H15N3O6/c1-6-11(7(2)18)12(16-14(20)15-6)8-4-9(17(21)22)13(19)10(5-8)23-3/h4-5,12,19H,1-3H3,(H2,15,16,20)/p-1. The maximum Gasteiger partial charge on any atom is 0.319 e. The number of hydrogen-bond acceptors (Lipinski definition) is 6. The SMILES string of the molecule is COc1cc(C2NC(=O)NC(C)=C2C(C)=O)cc([N+](=O)[O-])c1[O-]. The van der Waals surface area contributed by atoms with Crippen molar-refractivity contribution in [2.45, 2.75) is 19.9 Å². The van der Waals surface area contributed by atoms with Crippen LogP contribution in [0.5, 0.6) is 11.5 Å². The number of nitrogens with one attached hydrogen (secondary N) is 2. The minimum atomic E-state index is -0.908. The smallest absolute Gasteiger partial charge is 0.319 e. The molecule has 1 aromatic carbocycles. The largest absolute Gasteiger partial charge is 0.865 e. The van der Waals surface area contributed by atoms with Gasteiger partial charge in [-0.05, 0) is 25.5 Å². The summed E-state index contributed by atoms with van der Waals surface area (Å²) in [5, 5.41) is 27.9. The quantitative estimate of drug-likeness (QED) is 0.625. The second kappa shape index (κ2) is 5.95. The van der Waals surface area contributed by atoms with Crippen LogP contribution in [-0.2, 0) is 4.79 Å². The lowest BCUT2D eigenvalue weighted by atomic mass is 9.92. The zero-order chi connectivity index (χ0) is 17.3. The molecular weight excluding hydrogens is 306 g/mol. The van der Waals surface area contributed by atoms with E-state index in [2.05, 4.69) is 10.6 Å². The number of carbonyl (C=O) groups is 2. The molecule has 1 unspecified atom stereocenters. The fourth-order valence-electron chi connectivity index (χ4n) is 2.47. The van der Waals surface area contributed by atoms with Crippen molar-refractivity contribution in [1.82, 2.24) is 10.6 Å². The summed E-state index contributed by atoms with van der Waals surface area (Å²) in [5.41, 5.74) is 0.124. The molecule has 1 aromatic rings. The van der Waals surface area contributed by atoms with E-state index in [4.69, 9.17) is 4.74 Å². The molecule has 2 N–H and O–H groups in total. The monoisotopic (exact) mass is 320 g/mol. The molecule has 0 spiro atoms. The number of urea groups is 1. The molecule has 0 radical (unpaired) electrons. The number of carbonyl (C=O) groups excluding carboxylic acids is 2. The first-order valence-corrected chi connectivity index (χ1v) is 6.58. The Kier molecular flexibility index (Phi) is 4.21. The highest BCUT2D eigenvalue weighted by Gasteiger charge is 2.31. The predicted octanol–water partition coefficient (Wildman–Crippen LogP) is 0.894. The Bertz CT molecular complexity index is 740. The molecule has 0 aromatic heterocycles. The van der Waals surface area contributed by atoms with E-state index in [1.54, 1.807) is 6.92 Å². The highest BCUT2D eigenvalue weighted by molar-refractivity contribution is 5.98. The molecule has 0 bridgehead atoms. The van der Waals surface area contributed by atoms with Crippen LogP contribution in [0.25, 0.3) is 0 Å². The topological polar surface area (TPSA) is 134 Å². The Hall–Kier alpha value is -3.10. The number of nitrogens with zero attached hydrogens (tertiary/aromatic N) is 1. The van der Waals surface area contributed by atoms with Crippen molar-refractivity contribution in [1.29, 1.82) is 0 Å². The maximum absolute atomic E-state index is 11.9. The highest BCUT2D eigenvalue weighted by Crippen LogP contribution is 2.38. The van der Waals surface area contributed by atoms with E-state index in [9.17, 15) is 24.8 Å². The van der Waals surface area contributed by atoms with Gasteiger partial charge in [-0.3, -0.25) is 14.9 Å². The summed E-state index contributed by atoms with van der Waals surface area (Å²) < 4.78 is 4.87. The Labute approximate surface area is 131 Å². The molecule has 2 amide bonds. The van der Waals surface area contributed by atoms with Gasteiger partial charge in [0, 0.05) is 23.1 Å². The molecule has 1 aliphatic rings. The minimum absolute atomic E-state index is 0.215. The number of ketones is 1. The average Bonchev–Trinajstić information content (AvgIpc) is 2.45. The van der Waals surface area contributed by atoms with Crippen molar-refractivity contribution >= 4 is 17.5 Å². The van der Waals surface area contributed by atoms with Crippen molar-refractivity contribution < 1.29 is 24.4 Å². The zero-order valence-electron chi connectivity index (χ0n) is 12.6. The average molecular weight is 320 g/mol. The number of benzene rings is 1. The second-order valence-electron chi connectivity index (χ2n) is 4.95. The van der Waals surface area contributed by atoms with E-state index in [-0.39, 0.29) is 22.7 Å². The lowest BCUT2D eigenvalue weighted by Gasteiger charge is -2.28. The van der Waals surface area contributed by atoms with Gasteiger partial charge in [0.15, 0.2) is 5.78 Å². The van der Waals surface area contributed by atoms with Crippen LogP contribution in [0.3, 0.4) is 0 Å². The fourth-order valence-corrected chi connectivity index (χ4v) is 2.47. The van der Waals surface area contributed by atoms with Gasteiger partial charge in [-0.1, -0.05) is 0 Å². The number of rotatable bonds is 4. The fraction of sp³-hybridized carbons (Fsp3) is 0.286. The van der Waals surface area contributed by atoms with Crippen molar-refractivity contribution in [3.63, 3.8) is 0 Å². The number of ether oxygens (including phenoxy) is 1. The molecule has 2 rings (SSSR count). The molecule has 0 saturated heterocycles. The van der Waals surface area contributed by atoms with Crippen molar-refractivity contribution in [2.24, 2.45) is 0 Å². The molecule has 1 atom stereocenters. The van der Waals surface area contributed by atoms with Crippen molar-refractivity contribution in [3.8, 4) is 11.5 Å². The molecule has 23 heavy (non-hydrogen) atoms. The third-order valence-corrected chi connectivity index (χ3v) is 3.46. The van der Waals surface area contributed by atoms with E-state index in [1.807, 2.05) is 0 Å². The van der Waals surface area contributed by atoms with Gasteiger partial charge < -0.3 is 20.5 Å². The summed E-state index contributed by atoms with van der Waals surface area (Å²) in [7, 11) is 1.21. The Balaban J connectivity index is 2.66. The Morgan fingerprint density at radius 1 is 1.39 bits per heavy atom. The van der Waals surface area contributed by atoms with Crippen LogP contribution in [0.4, 0.5) is 10.5 Å². The summed E-state index contributed by atoms with van der Waals surface area (Å²) in [6, 6.07) is 0.860. The lowest BCUT2D eigenvalue weighted by molar-refractivity contribution is -0.398. The summed E-state index contributed by atoms with van der Waals surface area (Å²) in [4.78, 5) is 33.7. The van der Waals surface area contributed by atoms with Crippen LogP contribution in [0.1, 0.15) is 25.5 Å². The number of Topliss-reactive ketones (excluding diaryl/α,β-unsaturated/α-hetero) is 1. The first kappa shape index (κ1) is 16.3. The van der Waals surface area contributed by atoms with Gasteiger partial charge in [-0.25, -0.2) is 4.79 Å². The first-order valence-electron chi connectivity index (χ1n) is 6.58. The molecule has 0 saturated carbocycles. The van der Waals surface area contributed by atoms with Gasteiger partial charge in [-0.2, -0.15) is 0 Å². The lowest BCUT2D eigenvalue weighted by Crippen LogP contribution is -2.44. The number of allylic oxidation sites excluding steroid dienone is 1. The van der Waals surface area contributed by atoms with Gasteiger partial charge in [0.2, 0.25) is 0 Å². The van der Waals surface area contributed by atoms with E-state index in [0.29, 0.717) is 5.70 Å². The van der Waals surface area contributed by atoms with Crippen LogP contribution in [-0.4, -0.2) is 23.8 Å². The van der Waals surface area contributed by atoms with Crippen LogP contribution < -0.4 is 20.5 Å². The number of amides is 2. The Morgan fingerprint density at radius 2 is 2.04 bits per heavy atom. The molecule has 1 aliphatic heterocycles. The molecule has 0 fully saturated rings. The molecule has 0 aliphatic carbocycles. The summed E-state index contributed by atoms with van der Waals surface area (Å²) in [6.45, 7) is 2.87. The number of nitro benzene ring substituents is 1. The maximum atomic E-state index is 11.9. The minimum Gasteiger partial charge on any atom is -0.865 e. The molecule has 122 valence electrons. The van der Waals surface area contributed by atoms with Crippen LogP contribution >= 0.6 is 0 Å². The van der Waals surface area contributed by atoms with Gasteiger partial charge in [-0.15, -0.1) is 0 Å². The normalized spacial score (nSPS) is 17.3. The summed E-state index contributed by atoms with van der Waals surface area (Å²) in [6.07, 6.45) is 0. The van der Waals surface area contributed by atoms with E-state index in [0.717, 1.165) is 6.07 Å². The van der Waals surface area contributed by atoms with Crippen LogP contribution in [0, 0.1) is 10.1 Å². The summed E-state index contributed by atoms with van der Waals surface area (Å²) >= 11 is 0. The van der Waals surface area contributed by atoms with E-state index in [1.165, 1.54) is 20.1 Å². The van der Waals surface area contributed by atoms with Crippen molar-refractivity contribution in [3.05, 3.63) is 39.1 Å². The van der Waals surface area contributed by atoms with Gasteiger partial charge in [0.05, 0.1) is 18.1 Å². The van der Waals surface area contributed by atoms with E-state index >= 15 is 0 Å². The van der Waals surface area contributed by atoms with Crippen LogP contribution in [0.2, 0.25) is 0 Å². The molecular formula is C14H14N3O6-. The van der Waals surface area contributed by atoms with Crippen LogP contribution in [0.15, 0.2) is 23.4 Å². The zero-order valence-corrected chi connectivity index (χ0v) is 12.6. The number of nitro groups is 1. The predicted molar refractivity (Wildman–Crippen MR) is 76.9 cm³/mol. The molecule has 1 heterocycles. The Morgan fingerprint density at radius 3 is 2.57 bits per heavy atom. The number of hydrogen-bond donors (Lipinski definition) is 2. The summed E-state index contributed by atoms with van der Waals surface area (Å²) in [5.74, 6) is -1.41. The second-order valence-corrected chi connectivity index (χ2v) is 4.95. The molecule has 9 heteroatoms. The van der Waals surface area contributed by atoms with Gasteiger partial charge >= 0.3 is 6.03 Å². The third-order valence-electron chi connectivity index (χ3n) is 3.46. The number of methoxy groups -OCH3 is 1. The molecule has 9 nitrogen and oxygen atoms in total. The van der Waals surface area contributed by atoms with Gasteiger partial charge in [0.25, 0.3) is 5.69 Å². The third kappa shape index (κ3) is 2.93.